The van der Waals surface area contributed by atoms with Crippen molar-refractivity contribution >= 4 is 5.97 Å². The molecule has 2 rings (SSSR count). The Kier molecular flexibility index (Phi) is 4.27. The van der Waals surface area contributed by atoms with Gasteiger partial charge in [0.15, 0.2) is 0 Å². The molecular formula is C13H15F3N2O2. The van der Waals surface area contributed by atoms with Crippen molar-refractivity contribution < 1.29 is 22.7 Å². The third-order valence-corrected chi connectivity index (χ3v) is 3.28. The second-order valence-electron chi connectivity index (χ2n) is 4.82. The summed E-state index contributed by atoms with van der Waals surface area (Å²) in [5.41, 5.74) is -0.518. The lowest BCUT2D eigenvalue weighted by Gasteiger charge is -2.37. The lowest BCUT2D eigenvalue weighted by atomic mass is 9.87. The number of carbonyl (C=O) groups is 1. The molecule has 1 aliphatic rings. The van der Waals surface area contributed by atoms with Gasteiger partial charge in [0.2, 0.25) is 0 Å². The Balaban J connectivity index is 2.15. The molecule has 0 unspecified atom stereocenters. The van der Waals surface area contributed by atoms with Gasteiger partial charge < -0.3 is 10.1 Å². The number of carbonyl (C=O) groups excluding carboxylic acids is 1. The van der Waals surface area contributed by atoms with Crippen molar-refractivity contribution in [1.29, 1.82) is 0 Å². The smallest absolute Gasteiger partial charge is 0.452 e. The molecule has 0 aliphatic carbocycles. The number of piperidine rings is 1. The molecule has 4 nitrogen and oxygen atoms in total. The van der Waals surface area contributed by atoms with Crippen LogP contribution in [0.4, 0.5) is 13.2 Å². The predicted molar refractivity (Wildman–Crippen MR) is 64.9 cm³/mol. The zero-order chi connectivity index (χ0) is 14.6. The largest absolute Gasteiger partial charge is 0.490 e. The number of aromatic nitrogens is 1. The minimum atomic E-state index is -4.97. The number of ether oxygens (including phenoxy) is 1. The van der Waals surface area contributed by atoms with Crippen LogP contribution in [0.25, 0.3) is 0 Å². The van der Waals surface area contributed by atoms with E-state index in [0.29, 0.717) is 31.6 Å². The van der Waals surface area contributed by atoms with Gasteiger partial charge in [0, 0.05) is 31.2 Å². The monoisotopic (exact) mass is 288 g/mol. The highest BCUT2D eigenvalue weighted by atomic mass is 19.4. The molecule has 1 saturated heterocycles. The maximum Gasteiger partial charge on any atom is 0.490 e. The first-order valence-corrected chi connectivity index (χ1v) is 6.32. The van der Waals surface area contributed by atoms with Crippen molar-refractivity contribution in [3.05, 3.63) is 30.1 Å². The van der Waals surface area contributed by atoms with Crippen LogP contribution in [-0.2, 0) is 16.0 Å². The topological polar surface area (TPSA) is 51.2 Å². The molecule has 7 heteroatoms. The van der Waals surface area contributed by atoms with E-state index in [1.54, 1.807) is 24.4 Å². The Bertz CT molecular complexity index is 456. The molecule has 0 amide bonds. The van der Waals surface area contributed by atoms with Crippen LogP contribution in [-0.4, -0.2) is 35.8 Å². The molecule has 1 aliphatic heterocycles. The van der Waals surface area contributed by atoms with Gasteiger partial charge in [-0.25, -0.2) is 4.79 Å². The fraction of sp³-hybridized carbons (Fsp3) is 0.538. The number of nitrogens with zero attached hydrogens (tertiary/aromatic N) is 1. The van der Waals surface area contributed by atoms with Crippen LogP contribution in [0, 0.1) is 0 Å². The second-order valence-corrected chi connectivity index (χ2v) is 4.82. The first-order valence-electron chi connectivity index (χ1n) is 6.32. The molecule has 1 N–H and O–H groups in total. The molecule has 1 fully saturated rings. The van der Waals surface area contributed by atoms with Crippen molar-refractivity contribution in [2.24, 2.45) is 0 Å². The molecule has 0 atom stereocenters. The summed E-state index contributed by atoms with van der Waals surface area (Å²) in [4.78, 5) is 15.2. The van der Waals surface area contributed by atoms with E-state index in [0.717, 1.165) is 0 Å². The Hall–Kier alpha value is -1.63. The first-order chi connectivity index (χ1) is 9.41. The van der Waals surface area contributed by atoms with Gasteiger partial charge in [-0.05, 0) is 25.2 Å². The lowest BCUT2D eigenvalue weighted by molar-refractivity contribution is -0.216. The number of alkyl halides is 3. The van der Waals surface area contributed by atoms with E-state index >= 15 is 0 Å². The van der Waals surface area contributed by atoms with Crippen molar-refractivity contribution in [2.45, 2.75) is 31.0 Å². The summed E-state index contributed by atoms with van der Waals surface area (Å²) < 4.78 is 42.0. The van der Waals surface area contributed by atoms with Gasteiger partial charge in [0.05, 0.1) is 0 Å². The van der Waals surface area contributed by atoms with E-state index < -0.39 is 17.7 Å². The van der Waals surface area contributed by atoms with Crippen molar-refractivity contribution in [2.75, 3.05) is 13.1 Å². The normalized spacial score (nSPS) is 18.6. The van der Waals surface area contributed by atoms with Gasteiger partial charge in [-0.1, -0.05) is 6.07 Å². The van der Waals surface area contributed by atoms with Crippen LogP contribution >= 0.6 is 0 Å². The molecule has 1 aromatic heterocycles. The maximum atomic E-state index is 12.4. The first kappa shape index (κ1) is 14.8. The van der Waals surface area contributed by atoms with E-state index in [1.807, 2.05) is 0 Å². The number of rotatable bonds is 3. The van der Waals surface area contributed by atoms with Crippen LogP contribution in [0.2, 0.25) is 0 Å². The molecule has 1 aromatic rings. The Labute approximate surface area is 114 Å². The number of hydrogen-bond donors (Lipinski definition) is 1. The predicted octanol–water partition coefficient (Wildman–Crippen LogP) is 1.85. The number of esters is 1. The zero-order valence-electron chi connectivity index (χ0n) is 10.7. The number of nitrogens with one attached hydrogen (secondary N) is 1. The lowest BCUT2D eigenvalue weighted by Crippen LogP contribution is -2.49. The van der Waals surface area contributed by atoms with Gasteiger partial charge in [-0.15, -0.1) is 0 Å². The van der Waals surface area contributed by atoms with E-state index in [1.165, 1.54) is 0 Å². The van der Waals surface area contributed by atoms with Crippen molar-refractivity contribution in [1.82, 2.24) is 10.3 Å². The highest BCUT2D eigenvalue weighted by Gasteiger charge is 2.47. The highest BCUT2D eigenvalue weighted by molar-refractivity contribution is 5.76. The summed E-state index contributed by atoms with van der Waals surface area (Å²) >= 11 is 0. The molecule has 0 bridgehead atoms. The minimum Gasteiger partial charge on any atom is -0.452 e. The van der Waals surface area contributed by atoms with E-state index in [-0.39, 0.29) is 6.42 Å². The van der Waals surface area contributed by atoms with E-state index in [4.69, 9.17) is 4.74 Å². The van der Waals surface area contributed by atoms with Crippen LogP contribution < -0.4 is 5.32 Å². The standard InChI is InChI=1S/C13H15F3N2O2/c14-13(15,16)11(19)20-12(4-7-17-8-5-12)9-10-3-1-2-6-18-10/h1-3,6,17H,4-5,7-9H2. The number of pyridine rings is 1. The molecule has 20 heavy (non-hydrogen) atoms. The third-order valence-electron chi connectivity index (χ3n) is 3.28. The van der Waals surface area contributed by atoms with Gasteiger partial charge in [0.1, 0.15) is 5.60 Å². The highest BCUT2D eigenvalue weighted by Crippen LogP contribution is 2.30. The SMILES string of the molecule is O=C(OC1(Cc2ccccn2)CCNCC1)C(F)(F)F. The molecule has 0 spiro atoms. The Morgan fingerprint density at radius 1 is 1.35 bits per heavy atom. The zero-order valence-corrected chi connectivity index (χ0v) is 10.7. The second kappa shape index (κ2) is 5.78. The number of hydrogen-bond acceptors (Lipinski definition) is 4. The Morgan fingerprint density at radius 3 is 2.60 bits per heavy atom. The van der Waals surface area contributed by atoms with Crippen molar-refractivity contribution in [3.63, 3.8) is 0 Å². The van der Waals surface area contributed by atoms with E-state index in [9.17, 15) is 18.0 Å². The fourth-order valence-corrected chi connectivity index (χ4v) is 2.28. The molecule has 0 radical (unpaired) electrons. The fourth-order valence-electron chi connectivity index (χ4n) is 2.28. The van der Waals surface area contributed by atoms with Gasteiger partial charge in [-0.2, -0.15) is 13.2 Å². The van der Waals surface area contributed by atoms with Crippen LogP contribution in [0.5, 0.6) is 0 Å². The van der Waals surface area contributed by atoms with Gasteiger partial charge in [0.25, 0.3) is 0 Å². The van der Waals surface area contributed by atoms with Crippen molar-refractivity contribution in [3.8, 4) is 0 Å². The van der Waals surface area contributed by atoms with Crippen LogP contribution in [0.15, 0.2) is 24.4 Å². The van der Waals surface area contributed by atoms with E-state index in [2.05, 4.69) is 10.3 Å². The van der Waals surface area contributed by atoms with Gasteiger partial charge in [-0.3, -0.25) is 4.98 Å². The number of halogens is 3. The summed E-state index contributed by atoms with van der Waals surface area (Å²) in [6.45, 7) is 1.02. The molecule has 2 heterocycles. The quantitative estimate of drug-likeness (QED) is 0.862. The molecule has 0 aromatic carbocycles. The van der Waals surface area contributed by atoms with Crippen LogP contribution in [0.1, 0.15) is 18.5 Å². The van der Waals surface area contributed by atoms with Gasteiger partial charge >= 0.3 is 12.1 Å². The molecular weight excluding hydrogens is 273 g/mol. The summed E-state index contributed by atoms with van der Waals surface area (Å²) in [6, 6.07) is 5.19. The average molecular weight is 288 g/mol. The molecule has 110 valence electrons. The third kappa shape index (κ3) is 3.69. The minimum absolute atomic E-state index is 0.192. The Morgan fingerprint density at radius 2 is 2.05 bits per heavy atom. The average Bonchev–Trinajstić information content (AvgIpc) is 2.39. The van der Waals surface area contributed by atoms with Crippen LogP contribution in [0.3, 0.4) is 0 Å². The summed E-state index contributed by atoms with van der Waals surface area (Å²) in [5, 5.41) is 3.04. The maximum absolute atomic E-state index is 12.4. The summed E-state index contributed by atoms with van der Waals surface area (Å²) in [5.74, 6) is -2.13. The molecule has 0 saturated carbocycles. The summed E-state index contributed by atoms with van der Waals surface area (Å²) in [6.07, 6.45) is -2.54. The summed E-state index contributed by atoms with van der Waals surface area (Å²) in [7, 11) is 0.